The van der Waals surface area contributed by atoms with Gasteiger partial charge in [0.1, 0.15) is 0 Å². The molecule has 0 spiro atoms. The van der Waals surface area contributed by atoms with Gasteiger partial charge in [-0.2, -0.15) is 0 Å². The maximum Gasteiger partial charge on any atom is 0.220 e. The number of carbonyl (C=O) groups is 1. The Hall–Kier alpha value is -0.770. The molecular formula is C19H27Cl2NO2. The molecule has 5 heteroatoms. The second-order valence-corrected chi connectivity index (χ2v) is 7.74. The topological polar surface area (TPSA) is 38.3 Å². The minimum Gasteiger partial charge on any atom is -0.381 e. The fourth-order valence-corrected chi connectivity index (χ4v) is 4.08. The van der Waals surface area contributed by atoms with E-state index in [0.717, 1.165) is 31.2 Å². The maximum atomic E-state index is 12.3. The van der Waals surface area contributed by atoms with E-state index in [0.29, 0.717) is 42.1 Å². The first-order valence-electron chi connectivity index (χ1n) is 8.77. The zero-order valence-corrected chi connectivity index (χ0v) is 16.1. The van der Waals surface area contributed by atoms with Gasteiger partial charge in [0.25, 0.3) is 0 Å². The Bertz CT molecular complexity index is 556. The number of hydrogen-bond donors (Lipinski definition) is 1. The number of carbonyl (C=O) groups excluding carboxylic acids is 1. The summed E-state index contributed by atoms with van der Waals surface area (Å²) in [6.45, 7) is 6.23. The van der Waals surface area contributed by atoms with Gasteiger partial charge in [0, 0.05) is 41.6 Å². The van der Waals surface area contributed by atoms with Crippen LogP contribution in [0.2, 0.25) is 10.0 Å². The second kappa shape index (κ2) is 9.07. The summed E-state index contributed by atoms with van der Waals surface area (Å²) in [5, 5.41) is 4.43. The standard InChI is InChI=1S/C19H27Cl2NO2/c1-3-4-14(2)11-18(23)22-13-19(7-9-24-10-8-19)16-6-5-15(20)12-17(16)21/h5-6,12,14H,3-4,7-11,13H2,1-2H3,(H,22,23). The normalized spacial score (nSPS) is 18.2. The monoisotopic (exact) mass is 371 g/mol. The van der Waals surface area contributed by atoms with Gasteiger partial charge in [-0.1, -0.05) is 56.0 Å². The Morgan fingerprint density at radius 2 is 2.04 bits per heavy atom. The van der Waals surface area contributed by atoms with Crippen molar-refractivity contribution in [2.24, 2.45) is 5.92 Å². The molecule has 0 aliphatic carbocycles. The molecule has 0 aromatic heterocycles. The molecule has 1 unspecified atom stereocenters. The van der Waals surface area contributed by atoms with E-state index in [1.165, 1.54) is 0 Å². The van der Waals surface area contributed by atoms with Crippen molar-refractivity contribution >= 4 is 29.1 Å². The van der Waals surface area contributed by atoms with E-state index in [1.807, 2.05) is 12.1 Å². The molecule has 1 atom stereocenters. The summed E-state index contributed by atoms with van der Waals surface area (Å²) < 4.78 is 5.53. The lowest BCUT2D eigenvalue weighted by molar-refractivity contribution is -0.122. The Morgan fingerprint density at radius 3 is 2.67 bits per heavy atom. The van der Waals surface area contributed by atoms with Crippen molar-refractivity contribution in [2.45, 2.75) is 51.4 Å². The van der Waals surface area contributed by atoms with E-state index in [9.17, 15) is 4.79 Å². The summed E-state index contributed by atoms with van der Waals surface area (Å²) >= 11 is 12.5. The molecule has 0 bridgehead atoms. The van der Waals surface area contributed by atoms with Crippen molar-refractivity contribution in [2.75, 3.05) is 19.8 Å². The molecule has 0 radical (unpaired) electrons. The van der Waals surface area contributed by atoms with Crippen LogP contribution in [-0.4, -0.2) is 25.7 Å². The van der Waals surface area contributed by atoms with Crippen molar-refractivity contribution in [3.8, 4) is 0 Å². The first-order chi connectivity index (χ1) is 11.5. The molecule has 1 aromatic carbocycles. The van der Waals surface area contributed by atoms with Crippen LogP contribution in [0.25, 0.3) is 0 Å². The van der Waals surface area contributed by atoms with E-state index in [-0.39, 0.29) is 11.3 Å². The van der Waals surface area contributed by atoms with Crippen molar-refractivity contribution in [3.05, 3.63) is 33.8 Å². The van der Waals surface area contributed by atoms with Gasteiger partial charge in [0.15, 0.2) is 0 Å². The van der Waals surface area contributed by atoms with Gasteiger partial charge in [0.05, 0.1) is 0 Å². The van der Waals surface area contributed by atoms with Crippen LogP contribution in [0.15, 0.2) is 18.2 Å². The first kappa shape index (κ1) is 19.6. The molecular weight excluding hydrogens is 345 g/mol. The van der Waals surface area contributed by atoms with E-state index < -0.39 is 0 Å². The molecule has 2 rings (SSSR count). The molecule has 1 fully saturated rings. The third-order valence-corrected chi connectivity index (χ3v) is 5.44. The lowest BCUT2D eigenvalue weighted by Gasteiger charge is -2.38. The number of amides is 1. The highest BCUT2D eigenvalue weighted by Gasteiger charge is 2.36. The second-order valence-electron chi connectivity index (χ2n) is 6.89. The molecule has 1 amide bonds. The van der Waals surface area contributed by atoms with Crippen LogP contribution < -0.4 is 5.32 Å². The summed E-state index contributed by atoms with van der Waals surface area (Å²) in [6, 6.07) is 5.63. The van der Waals surface area contributed by atoms with E-state index in [1.54, 1.807) is 6.07 Å². The van der Waals surface area contributed by atoms with Gasteiger partial charge in [-0.3, -0.25) is 4.79 Å². The van der Waals surface area contributed by atoms with Crippen molar-refractivity contribution in [3.63, 3.8) is 0 Å². The Balaban J connectivity index is 2.09. The lowest BCUT2D eigenvalue weighted by atomic mass is 9.74. The molecule has 1 aromatic rings. The average molecular weight is 372 g/mol. The third kappa shape index (κ3) is 5.11. The van der Waals surface area contributed by atoms with Crippen LogP contribution in [-0.2, 0) is 14.9 Å². The van der Waals surface area contributed by atoms with Crippen LogP contribution in [0.5, 0.6) is 0 Å². The SMILES string of the molecule is CCCC(C)CC(=O)NCC1(c2ccc(Cl)cc2Cl)CCOCC1. The highest BCUT2D eigenvalue weighted by Crippen LogP contribution is 2.39. The van der Waals surface area contributed by atoms with E-state index in [2.05, 4.69) is 19.2 Å². The maximum absolute atomic E-state index is 12.3. The number of halogens is 2. The zero-order chi connectivity index (χ0) is 17.6. The minimum atomic E-state index is -0.177. The highest BCUT2D eigenvalue weighted by atomic mass is 35.5. The number of nitrogens with one attached hydrogen (secondary N) is 1. The van der Waals surface area contributed by atoms with Crippen molar-refractivity contribution in [1.29, 1.82) is 0 Å². The minimum absolute atomic E-state index is 0.118. The van der Waals surface area contributed by atoms with Crippen LogP contribution in [0.1, 0.15) is 51.5 Å². The predicted molar refractivity (Wildman–Crippen MR) is 99.9 cm³/mol. The third-order valence-electron chi connectivity index (χ3n) is 4.89. The van der Waals surface area contributed by atoms with Gasteiger partial charge in [0.2, 0.25) is 5.91 Å². The van der Waals surface area contributed by atoms with Crippen LogP contribution in [0.4, 0.5) is 0 Å². The molecule has 0 saturated carbocycles. The average Bonchev–Trinajstić information content (AvgIpc) is 2.54. The Kier molecular flexibility index (Phi) is 7.39. The van der Waals surface area contributed by atoms with Gasteiger partial charge in [-0.15, -0.1) is 0 Å². The fraction of sp³-hybridized carbons (Fsp3) is 0.632. The summed E-state index contributed by atoms with van der Waals surface area (Å²) in [6.07, 6.45) is 4.46. The molecule has 1 aliphatic heterocycles. The summed E-state index contributed by atoms with van der Waals surface area (Å²) in [4.78, 5) is 12.3. The highest BCUT2D eigenvalue weighted by molar-refractivity contribution is 6.35. The molecule has 1 heterocycles. The molecule has 1 saturated heterocycles. The molecule has 134 valence electrons. The van der Waals surface area contributed by atoms with Crippen LogP contribution in [0, 0.1) is 5.92 Å². The largest absolute Gasteiger partial charge is 0.381 e. The number of benzene rings is 1. The summed E-state index contributed by atoms with van der Waals surface area (Å²) in [7, 11) is 0. The van der Waals surface area contributed by atoms with Crippen molar-refractivity contribution in [1.82, 2.24) is 5.32 Å². The number of rotatable bonds is 7. The van der Waals surface area contributed by atoms with Crippen molar-refractivity contribution < 1.29 is 9.53 Å². The van der Waals surface area contributed by atoms with Gasteiger partial charge < -0.3 is 10.1 Å². The van der Waals surface area contributed by atoms with Gasteiger partial charge >= 0.3 is 0 Å². The molecule has 3 nitrogen and oxygen atoms in total. The quantitative estimate of drug-likeness (QED) is 0.733. The van der Waals surface area contributed by atoms with Gasteiger partial charge in [-0.25, -0.2) is 0 Å². The smallest absolute Gasteiger partial charge is 0.220 e. The number of hydrogen-bond acceptors (Lipinski definition) is 2. The first-order valence-corrected chi connectivity index (χ1v) is 9.52. The van der Waals surface area contributed by atoms with Crippen LogP contribution >= 0.6 is 23.2 Å². The van der Waals surface area contributed by atoms with E-state index >= 15 is 0 Å². The summed E-state index contributed by atoms with van der Waals surface area (Å²) in [5.74, 6) is 0.534. The lowest BCUT2D eigenvalue weighted by Crippen LogP contribution is -2.45. The van der Waals surface area contributed by atoms with E-state index in [4.69, 9.17) is 27.9 Å². The predicted octanol–water partition coefficient (Wildman–Crippen LogP) is 4.98. The molecule has 24 heavy (non-hydrogen) atoms. The Morgan fingerprint density at radius 1 is 1.33 bits per heavy atom. The van der Waals surface area contributed by atoms with Crippen LogP contribution in [0.3, 0.4) is 0 Å². The molecule has 1 N–H and O–H groups in total. The number of ether oxygens (including phenoxy) is 1. The fourth-order valence-electron chi connectivity index (χ4n) is 3.47. The van der Waals surface area contributed by atoms with Gasteiger partial charge in [-0.05, 0) is 36.5 Å². The molecule has 1 aliphatic rings. The summed E-state index contributed by atoms with van der Waals surface area (Å²) in [5.41, 5.74) is 0.877. The Labute approximate surface area is 155 Å². The zero-order valence-electron chi connectivity index (χ0n) is 14.5.